The van der Waals surface area contributed by atoms with Crippen molar-refractivity contribution in [3.63, 3.8) is 0 Å². The Morgan fingerprint density at radius 2 is 1.96 bits per heavy atom. The van der Waals surface area contributed by atoms with Crippen LogP contribution in [0.2, 0.25) is 0 Å². The Kier molecular flexibility index (Phi) is 6.20. The first-order chi connectivity index (χ1) is 12.6. The highest BCUT2D eigenvalue weighted by Crippen LogP contribution is 2.32. The first-order valence-corrected chi connectivity index (χ1v) is 10.7. The lowest BCUT2D eigenvalue weighted by atomic mass is 10.2. The molecule has 0 aliphatic carbocycles. The van der Waals surface area contributed by atoms with E-state index in [9.17, 15) is 8.42 Å². The molecule has 1 aromatic rings. The molecule has 0 unspecified atom stereocenters. The standard InChI is InChI=1S/C17H26N4O4S/c1-2-18-17(19-5-6-21-7-9-26(22,23)10-8-21)20-12-14-3-4-15-16(11-14)25-13-24-15/h3-4,11H,2,5-10,12-13H2,1H3,(H2,18,19,20). The average molecular weight is 382 g/mol. The maximum Gasteiger partial charge on any atom is 0.231 e. The summed E-state index contributed by atoms with van der Waals surface area (Å²) in [6, 6.07) is 5.83. The van der Waals surface area contributed by atoms with E-state index < -0.39 is 9.84 Å². The minimum absolute atomic E-state index is 0.255. The fourth-order valence-electron chi connectivity index (χ4n) is 2.86. The summed E-state index contributed by atoms with van der Waals surface area (Å²) in [6.07, 6.45) is 0. The molecule has 0 saturated carbocycles. The van der Waals surface area contributed by atoms with Crippen LogP contribution in [-0.4, -0.2) is 70.3 Å². The number of rotatable bonds is 6. The molecule has 2 aliphatic heterocycles. The highest BCUT2D eigenvalue weighted by molar-refractivity contribution is 7.91. The third-order valence-electron chi connectivity index (χ3n) is 4.36. The van der Waals surface area contributed by atoms with Crippen LogP contribution in [0.1, 0.15) is 12.5 Å². The van der Waals surface area contributed by atoms with Gasteiger partial charge in [-0.2, -0.15) is 0 Å². The van der Waals surface area contributed by atoms with Gasteiger partial charge >= 0.3 is 0 Å². The number of sulfone groups is 1. The van der Waals surface area contributed by atoms with Crippen LogP contribution in [0, 0.1) is 0 Å². The van der Waals surface area contributed by atoms with Gasteiger partial charge in [-0.05, 0) is 24.6 Å². The second-order valence-corrected chi connectivity index (χ2v) is 8.61. The molecule has 1 aromatic carbocycles. The van der Waals surface area contributed by atoms with E-state index >= 15 is 0 Å². The van der Waals surface area contributed by atoms with Gasteiger partial charge < -0.3 is 20.1 Å². The maximum atomic E-state index is 11.5. The topological polar surface area (TPSA) is 92.3 Å². The number of guanidine groups is 1. The normalized spacial score (nSPS) is 19.3. The van der Waals surface area contributed by atoms with E-state index in [0.29, 0.717) is 26.2 Å². The summed E-state index contributed by atoms with van der Waals surface area (Å²) in [7, 11) is -2.83. The predicted molar refractivity (Wildman–Crippen MR) is 100 cm³/mol. The van der Waals surface area contributed by atoms with Crippen molar-refractivity contribution in [2.75, 3.05) is 51.0 Å². The van der Waals surface area contributed by atoms with Crippen molar-refractivity contribution in [3.8, 4) is 11.5 Å². The Hall–Kier alpha value is -2.00. The van der Waals surface area contributed by atoms with Crippen LogP contribution < -0.4 is 20.1 Å². The number of nitrogens with one attached hydrogen (secondary N) is 2. The number of fused-ring (bicyclic) bond motifs is 1. The van der Waals surface area contributed by atoms with Crippen LogP contribution in [0.5, 0.6) is 11.5 Å². The third kappa shape index (κ3) is 5.25. The van der Waals surface area contributed by atoms with E-state index in [1.54, 1.807) is 0 Å². The zero-order chi connectivity index (χ0) is 18.4. The first-order valence-electron chi connectivity index (χ1n) is 8.89. The summed E-state index contributed by atoms with van der Waals surface area (Å²) in [5, 5.41) is 6.53. The Labute approximate surface area is 154 Å². The molecule has 3 rings (SSSR count). The van der Waals surface area contributed by atoms with Crippen LogP contribution >= 0.6 is 0 Å². The number of benzene rings is 1. The molecule has 2 aliphatic rings. The number of hydrogen-bond donors (Lipinski definition) is 2. The number of nitrogens with zero attached hydrogens (tertiary/aromatic N) is 2. The van der Waals surface area contributed by atoms with Crippen molar-refractivity contribution >= 4 is 15.8 Å². The van der Waals surface area contributed by atoms with Gasteiger partial charge in [-0.3, -0.25) is 4.90 Å². The van der Waals surface area contributed by atoms with E-state index in [1.165, 1.54) is 0 Å². The van der Waals surface area contributed by atoms with Crippen LogP contribution in [0.25, 0.3) is 0 Å². The molecular formula is C17H26N4O4S. The second kappa shape index (κ2) is 8.59. The van der Waals surface area contributed by atoms with Crippen LogP contribution in [0.3, 0.4) is 0 Å². The molecule has 0 spiro atoms. The van der Waals surface area contributed by atoms with Crippen molar-refractivity contribution in [1.82, 2.24) is 15.5 Å². The third-order valence-corrected chi connectivity index (χ3v) is 5.97. The van der Waals surface area contributed by atoms with E-state index in [1.807, 2.05) is 25.1 Å². The molecule has 0 atom stereocenters. The molecule has 9 heteroatoms. The van der Waals surface area contributed by atoms with E-state index in [-0.39, 0.29) is 18.3 Å². The van der Waals surface area contributed by atoms with Gasteiger partial charge in [0.2, 0.25) is 6.79 Å². The van der Waals surface area contributed by atoms with E-state index in [4.69, 9.17) is 9.47 Å². The van der Waals surface area contributed by atoms with Gasteiger partial charge in [-0.1, -0.05) is 6.07 Å². The first kappa shape index (κ1) is 18.8. The largest absolute Gasteiger partial charge is 0.454 e. The van der Waals surface area contributed by atoms with Crippen molar-refractivity contribution in [3.05, 3.63) is 23.8 Å². The molecular weight excluding hydrogens is 356 g/mol. The molecule has 0 bridgehead atoms. The molecule has 1 saturated heterocycles. The van der Waals surface area contributed by atoms with Crippen LogP contribution in [0.15, 0.2) is 23.2 Å². The molecule has 0 amide bonds. The van der Waals surface area contributed by atoms with Crippen LogP contribution in [-0.2, 0) is 16.4 Å². The van der Waals surface area contributed by atoms with Gasteiger partial charge in [-0.15, -0.1) is 0 Å². The van der Waals surface area contributed by atoms with Crippen LogP contribution in [0.4, 0.5) is 0 Å². The Morgan fingerprint density at radius 1 is 1.19 bits per heavy atom. The van der Waals surface area contributed by atoms with E-state index in [0.717, 1.165) is 36.1 Å². The highest BCUT2D eigenvalue weighted by Gasteiger charge is 2.21. The summed E-state index contributed by atoms with van der Waals surface area (Å²) >= 11 is 0. The molecule has 0 aromatic heterocycles. The molecule has 0 radical (unpaired) electrons. The monoisotopic (exact) mass is 382 g/mol. The van der Waals surface area contributed by atoms with Crippen molar-refractivity contribution in [2.24, 2.45) is 4.99 Å². The maximum absolute atomic E-state index is 11.5. The van der Waals surface area contributed by atoms with Gasteiger partial charge in [0.15, 0.2) is 27.3 Å². The Bertz CT molecular complexity index is 737. The lowest BCUT2D eigenvalue weighted by Gasteiger charge is -2.26. The predicted octanol–water partition coefficient (Wildman–Crippen LogP) is 0.201. The number of ether oxygens (including phenoxy) is 2. The molecule has 2 heterocycles. The fraction of sp³-hybridized carbons (Fsp3) is 0.588. The minimum atomic E-state index is -2.83. The number of aliphatic imine (C=N–C) groups is 1. The molecule has 1 fully saturated rings. The number of hydrogen-bond acceptors (Lipinski definition) is 6. The van der Waals surface area contributed by atoms with Gasteiger partial charge in [0, 0.05) is 32.7 Å². The Morgan fingerprint density at radius 3 is 2.73 bits per heavy atom. The quantitative estimate of drug-likeness (QED) is 0.536. The van der Waals surface area contributed by atoms with E-state index in [2.05, 4.69) is 20.5 Å². The second-order valence-electron chi connectivity index (χ2n) is 6.30. The fourth-order valence-corrected chi connectivity index (χ4v) is 4.13. The van der Waals surface area contributed by atoms with Gasteiger partial charge in [0.25, 0.3) is 0 Å². The summed E-state index contributed by atoms with van der Waals surface area (Å²) in [4.78, 5) is 6.76. The highest BCUT2D eigenvalue weighted by atomic mass is 32.2. The van der Waals surface area contributed by atoms with Crippen molar-refractivity contribution < 1.29 is 17.9 Å². The van der Waals surface area contributed by atoms with Crippen molar-refractivity contribution in [2.45, 2.75) is 13.5 Å². The average Bonchev–Trinajstić information content (AvgIpc) is 3.09. The molecule has 144 valence electrons. The van der Waals surface area contributed by atoms with Gasteiger partial charge in [0.1, 0.15) is 0 Å². The smallest absolute Gasteiger partial charge is 0.231 e. The lowest BCUT2D eigenvalue weighted by molar-refractivity contribution is 0.174. The minimum Gasteiger partial charge on any atom is -0.454 e. The molecule has 8 nitrogen and oxygen atoms in total. The summed E-state index contributed by atoms with van der Waals surface area (Å²) in [5.74, 6) is 2.79. The van der Waals surface area contributed by atoms with Crippen molar-refractivity contribution in [1.29, 1.82) is 0 Å². The zero-order valence-electron chi connectivity index (χ0n) is 15.0. The summed E-state index contributed by atoms with van der Waals surface area (Å²) in [6.45, 7) is 6.32. The molecule has 26 heavy (non-hydrogen) atoms. The summed E-state index contributed by atoms with van der Waals surface area (Å²) < 4.78 is 33.6. The summed E-state index contributed by atoms with van der Waals surface area (Å²) in [5.41, 5.74) is 1.05. The Balaban J connectivity index is 1.48. The molecule has 2 N–H and O–H groups in total. The SMILES string of the molecule is CCNC(=NCc1ccc2c(c1)OCO2)NCCN1CCS(=O)(=O)CC1. The van der Waals surface area contributed by atoms with Gasteiger partial charge in [0.05, 0.1) is 18.1 Å². The zero-order valence-corrected chi connectivity index (χ0v) is 15.8. The van der Waals surface area contributed by atoms with Gasteiger partial charge in [-0.25, -0.2) is 13.4 Å². The lowest BCUT2D eigenvalue weighted by Crippen LogP contribution is -2.45.